The van der Waals surface area contributed by atoms with Gasteiger partial charge in [0.25, 0.3) is 0 Å². The van der Waals surface area contributed by atoms with Crippen LogP contribution < -0.4 is 15.0 Å². The Kier molecular flexibility index (Phi) is 13.2. The second-order valence-corrected chi connectivity index (χ2v) is 11.3. The minimum absolute atomic E-state index is 0.0934. The van der Waals surface area contributed by atoms with E-state index in [4.69, 9.17) is 10.1 Å². The first-order valence-corrected chi connectivity index (χ1v) is 15.5. The summed E-state index contributed by atoms with van der Waals surface area (Å²) in [5, 5.41) is 21.0. The summed E-state index contributed by atoms with van der Waals surface area (Å²) in [6, 6.07) is 20.6. The van der Waals surface area contributed by atoms with Gasteiger partial charge in [-0.05, 0) is 80.5 Å². The Labute approximate surface area is 261 Å². The maximum atomic E-state index is 13.4. The molecule has 1 aliphatic heterocycles. The second-order valence-electron chi connectivity index (χ2n) is 11.3. The highest BCUT2D eigenvalue weighted by Crippen LogP contribution is 2.18. The van der Waals surface area contributed by atoms with Crippen LogP contribution in [0.15, 0.2) is 72.9 Å². The zero-order valence-corrected chi connectivity index (χ0v) is 25.8. The lowest BCUT2D eigenvalue weighted by Gasteiger charge is -2.27. The summed E-state index contributed by atoms with van der Waals surface area (Å²) in [5.74, 6) is 1.56. The van der Waals surface area contributed by atoms with Gasteiger partial charge in [-0.3, -0.25) is 10.3 Å². The molecule has 3 aromatic rings. The van der Waals surface area contributed by atoms with Gasteiger partial charge >= 0.3 is 0 Å². The molecule has 44 heavy (non-hydrogen) atoms. The molecule has 0 radical (unpaired) electrons. The van der Waals surface area contributed by atoms with Crippen molar-refractivity contribution in [3.63, 3.8) is 0 Å². The van der Waals surface area contributed by atoms with Crippen molar-refractivity contribution in [1.82, 2.24) is 25.0 Å². The number of benzene rings is 2. The van der Waals surface area contributed by atoms with E-state index in [0.717, 1.165) is 49.9 Å². The minimum Gasteiger partial charge on any atom is -0.494 e. The standard InChI is InChI=1S/C34H45FN8O/c1-40(22-23-42(33-11-3-4-16-38-33)27-29-12-14-31(35)15-13-29)21-17-39-34(37)43(28-36)20-8-24-44-32-10-7-9-30(25-32)26-41-18-5-2-6-19-41/h3-4,7,9-16,25H,2,5-6,8,17-24,26-27H2,1H3,(H2,37,39). The first-order valence-electron chi connectivity index (χ1n) is 15.5. The van der Waals surface area contributed by atoms with Gasteiger partial charge in [-0.15, -0.1) is 0 Å². The zero-order valence-electron chi connectivity index (χ0n) is 25.8. The Morgan fingerprint density at radius 2 is 1.82 bits per heavy atom. The van der Waals surface area contributed by atoms with Crippen molar-refractivity contribution in [3.8, 4) is 11.9 Å². The number of likely N-dealkylation sites (N-methyl/N-ethyl adjacent to an activating group) is 1. The number of hydrogen-bond acceptors (Lipinski definition) is 7. The van der Waals surface area contributed by atoms with Crippen molar-refractivity contribution in [3.05, 3.63) is 89.9 Å². The molecule has 1 aromatic heterocycles. The second kappa shape index (κ2) is 17.8. The lowest BCUT2D eigenvalue weighted by atomic mass is 10.1. The third-order valence-corrected chi connectivity index (χ3v) is 7.74. The fraction of sp³-hybridized carbons (Fsp3) is 0.441. The highest BCUT2D eigenvalue weighted by atomic mass is 19.1. The normalized spacial score (nSPS) is 13.3. The van der Waals surface area contributed by atoms with Crippen molar-refractivity contribution in [2.45, 2.75) is 38.8 Å². The Balaban J connectivity index is 1.14. The van der Waals surface area contributed by atoms with Crippen molar-refractivity contribution in [2.24, 2.45) is 0 Å². The molecule has 2 aromatic carbocycles. The predicted molar refractivity (Wildman–Crippen MR) is 173 cm³/mol. The van der Waals surface area contributed by atoms with Crippen LogP contribution >= 0.6 is 0 Å². The molecule has 0 saturated carbocycles. The van der Waals surface area contributed by atoms with Crippen LogP contribution in [-0.4, -0.2) is 85.1 Å². The number of halogens is 1. The summed E-state index contributed by atoms with van der Waals surface area (Å²) in [4.78, 5) is 12.7. The molecule has 1 saturated heterocycles. The van der Waals surface area contributed by atoms with Crippen molar-refractivity contribution in [1.29, 1.82) is 10.7 Å². The number of guanidine groups is 1. The number of anilines is 1. The number of hydrogen-bond donors (Lipinski definition) is 2. The lowest BCUT2D eigenvalue weighted by molar-refractivity contribution is 0.220. The number of aromatic nitrogens is 1. The number of nitrogens with zero attached hydrogens (tertiary/aromatic N) is 6. The molecular formula is C34H45FN8O. The molecule has 1 aliphatic rings. The van der Waals surface area contributed by atoms with Crippen molar-refractivity contribution in [2.75, 3.05) is 64.4 Å². The number of rotatable bonds is 16. The van der Waals surface area contributed by atoms with Gasteiger partial charge in [0.15, 0.2) is 6.19 Å². The summed E-state index contributed by atoms with van der Waals surface area (Å²) in [5.41, 5.74) is 2.27. The van der Waals surface area contributed by atoms with Gasteiger partial charge < -0.3 is 19.9 Å². The Hall–Kier alpha value is -4.20. The average Bonchev–Trinajstić information content (AvgIpc) is 3.05. The predicted octanol–water partition coefficient (Wildman–Crippen LogP) is 4.92. The lowest BCUT2D eigenvalue weighted by Crippen LogP contribution is -2.42. The van der Waals surface area contributed by atoms with Gasteiger partial charge in [0.1, 0.15) is 17.4 Å². The fourth-order valence-corrected chi connectivity index (χ4v) is 5.22. The van der Waals surface area contributed by atoms with Gasteiger partial charge in [0.2, 0.25) is 5.96 Å². The van der Waals surface area contributed by atoms with E-state index in [2.05, 4.69) is 43.3 Å². The van der Waals surface area contributed by atoms with Gasteiger partial charge in [-0.2, -0.15) is 5.26 Å². The van der Waals surface area contributed by atoms with Gasteiger partial charge in [0, 0.05) is 58.4 Å². The van der Waals surface area contributed by atoms with E-state index in [-0.39, 0.29) is 11.8 Å². The average molecular weight is 601 g/mol. The zero-order chi connectivity index (χ0) is 31.0. The highest BCUT2D eigenvalue weighted by molar-refractivity contribution is 5.78. The van der Waals surface area contributed by atoms with Crippen LogP contribution in [0.25, 0.3) is 0 Å². The fourth-order valence-electron chi connectivity index (χ4n) is 5.22. The summed E-state index contributed by atoms with van der Waals surface area (Å²) >= 11 is 0. The largest absolute Gasteiger partial charge is 0.494 e. The quantitative estimate of drug-likeness (QED) is 0.0787. The molecule has 234 valence electrons. The van der Waals surface area contributed by atoms with Crippen LogP contribution in [0.4, 0.5) is 10.2 Å². The molecule has 0 atom stereocenters. The molecule has 9 nitrogen and oxygen atoms in total. The Morgan fingerprint density at radius 1 is 1.00 bits per heavy atom. The third kappa shape index (κ3) is 11.1. The smallest absolute Gasteiger partial charge is 0.204 e. The van der Waals surface area contributed by atoms with E-state index in [1.165, 1.54) is 41.9 Å². The van der Waals surface area contributed by atoms with E-state index in [0.29, 0.717) is 39.2 Å². The van der Waals surface area contributed by atoms with Gasteiger partial charge in [-0.25, -0.2) is 14.3 Å². The van der Waals surface area contributed by atoms with E-state index >= 15 is 0 Å². The Morgan fingerprint density at radius 3 is 2.57 bits per heavy atom. The van der Waals surface area contributed by atoms with Gasteiger partial charge in [-0.1, -0.05) is 36.8 Å². The molecule has 10 heteroatoms. The number of pyridine rings is 1. The molecule has 0 unspecified atom stereocenters. The molecule has 2 N–H and O–H groups in total. The van der Waals surface area contributed by atoms with Crippen LogP contribution in [0, 0.1) is 22.7 Å². The maximum Gasteiger partial charge on any atom is 0.204 e. The third-order valence-electron chi connectivity index (χ3n) is 7.74. The monoisotopic (exact) mass is 600 g/mol. The molecule has 0 bridgehead atoms. The summed E-state index contributed by atoms with van der Waals surface area (Å²) in [6.45, 7) is 7.53. The first-order chi connectivity index (χ1) is 21.5. The molecule has 0 aliphatic carbocycles. The highest BCUT2D eigenvalue weighted by Gasteiger charge is 2.13. The first kappa shape index (κ1) is 32.7. The van der Waals surface area contributed by atoms with Gasteiger partial charge in [0.05, 0.1) is 6.61 Å². The summed E-state index contributed by atoms with van der Waals surface area (Å²) in [7, 11) is 2.03. The molecule has 0 spiro atoms. The van der Waals surface area contributed by atoms with E-state index in [1.807, 2.05) is 37.4 Å². The summed E-state index contributed by atoms with van der Waals surface area (Å²) in [6.07, 6.45) is 8.40. The number of likely N-dealkylation sites (tertiary alicyclic amines) is 1. The van der Waals surface area contributed by atoms with Crippen LogP contribution in [0.5, 0.6) is 5.75 Å². The van der Waals surface area contributed by atoms with Crippen LogP contribution in [-0.2, 0) is 13.1 Å². The molecular weight excluding hydrogens is 555 g/mol. The van der Waals surface area contributed by atoms with Crippen molar-refractivity contribution < 1.29 is 9.13 Å². The number of nitrogens with one attached hydrogen (secondary N) is 2. The SMILES string of the molecule is CN(CCNC(=N)N(C#N)CCCOc1cccc(CN2CCCCC2)c1)CCN(Cc1ccc(F)cc1)c1ccccn1. The molecule has 4 rings (SSSR count). The summed E-state index contributed by atoms with van der Waals surface area (Å²) < 4.78 is 19.3. The van der Waals surface area contributed by atoms with Crippen LogP contribution in [0.2, 0.25) is 0 Å². The molecule has 0 amide bonds. The number of piperidine rings is 1. The molecule has 1 fully saturated rings. The van der Waals surface area contributed by atoms with E-state index in [9.17, 15) is 9.65 Å². The maximum absolute atomic E-state index is 13.4. The van der Waals surface area contributed by atoms with E-state index in [1.54, 1.807) is 18.3 Å². The van der Waals surface area contributed by atoms with Crippen LogP contribution in [0.1, 0.15) is 36.8 Å². The van der Waals surface area contributed by atoms with Crippen LogP contribution in [0.3, 0.4) is 0 Å². The van der Waals surface area contributed by atoms with Crippen molar-refractivity contribution >= 4 is 11.8 Å². The number of ether oxygens (including phenoxy) is 1. The number of nitriles is 1. The Bertz CT molecular complexity index is 1310. The van der Waals surface area contributed by atoms with E-state index < -0.39 is 0 Å². The molecule has 2 heterocycles. The minimum atomic E-state index is -0.247. The topological polar surface area (TPSA) is 94.8 Å².